The van der Waals surface area contributed by atoms with Crippen LogP contribution in [0.3, 0.4) is 0 Å². The van der Waals surface area contributed by atoms with Crippen molar-refractivity contribution in [2.75, 3.05) is 26.8 Å². The van der Waals surface area contributed by atoms with Crippen molar-refractivity contribution in [3.63, 3.8) is 0 Å². The maximum absolute atomic E-state index is 13.5. The van der Waals surface area contributed by atoms with Crippen LogP contribution in [0.1, 0.15) is 49.9 Å². The number of fused-ring (bicyclic) bond motifs is 1. The number of carbonyl (C=O) groups is 1. The number of benzene rings is 2. The number of sulfonamides is 1. The second kappa shape index (κ2) is 13.6. The lowest BCUT2D eigenvalue weighted by Crippen LogP contribution is -2.50. The number of phenolic OH excluding ortho intramolecular Hbond substituents is 1. The molecular weight excluding hydrogens is 508 g/mol. The van der Waals surface area contributed by atoms with Gasteiger partial charge in [0.15, 0.2) is 11.5 Å². The predicted octanol–water partition coefficient (Wildman–Crippen LogP) is 3.72. The zero-order valence-corrected chi connectivity index (χ0v) is 23.0. The number of carbonyl (C=O) groups excluding carboxylic acids is 1. The Morgan fingerprint density at radius 3 is 2.50 bits per heavy atom. The molecule has 0 unspecified atom stereocenters. The number of phenols is 1. The number of aliphatic hydroxyl groups is 1. The number of amides is 1. The van der Waals surface area contributed by atoms with E-state index in [2.05, 4.69) is 5.32 Å². The summed E-state index contributed by atoms with van der Waals surface area (Å²) in [5.41, 5.74) is 0.148. The van der Waals surface area contributed by atoms with Crippen molar-refractivity contribution in [2.45, 2.75) is 56.6 Å². The van der Waals surface area contributed by atoms with Crippen LogP contribution >= 0.6 is 0 Å². The van der Waals surface area contributed by atoms with E-state index in [4.69, 9.17) is 9.47 Å². The van der Waals surface area contributed by atoms with Gasteiger partial charge in [-0.05, 0) is 68.0 Å². The first kappa shape index (κ1) is 29.5. The van der Waals surface area contributed by atoms with E-state index in [9.17, 15) is 23.4 Å². The number of methoxy groups -OCH3 is 1. The Balaban J connectivity index is 1.87. The first-order chi connectivity index (χ1) is 18.1. The van der Waals surface area contributed by atoms with E-state index >= 15 is 0 Å². The molecule has 3 N–H and O–H groups in total. The van der Waals surface area contributed by atoms with Crippen LogP contribution in [0, 0.1) is 5.92 Å². The Morgan fingerprint density at radius 1 is 1.11 bits per heavy atom. The molecule has 0 saturated heterocycles. The Kier molecular flexibility index (Phi) is 10.6. The lowest BCUT2D eigenvalue weighted by Gasteiger charge is -2.31. The number of nitrogens with zero attached hydrogens (tertiary/aromatic N) is 1. The fourth-order valence-electron chi connectivity index (χ4n) is 4.29. The third kappa shape index (κ3) is 7.72. The molecule has 1 aliphatic heterocycles. The number of nitrogens with one attached hydrogen (secondary N) is 1. The molecule has 1 aliphatic rings. The van der Waals surface area contributed by atoms with Gasteiger partial charge in [-0.15, -0.1) is 0 Å². The molecule has 9 nitrogen and oxygen atoms in total. The summed E-state index contributed by atoms with van der Waals surface area (Å²) in [6.45, 7) is 4.10. The largest absolute Gasteiger partial charge is 0.504 e. The third-order valence-electron chi connectivity index (χ3n) is 6.26. The molecule has 3 rings (SSSR count). The van der Waals surface area contributed by atoms with Crippen molar-refractivity contribution in [1.82, 2.24) is 9.62 Å². The first-order valence-corrected chi connectivity index (χ1v) is 14.3. The Bertz CT molecular complexity index is 1200. The van der Waals surface area contributed by atoms with Crippen LogP contribution in [0.5, 0.6) is 17.2 Å². The quantitative estimate of drug-likeness (QED) is 0.431. The van der Waals surface area contributed by atoms with Gasteiger partial charge in [0, 0.05) is 13.1 Å². The summed E-state index contributed by atoms with van der Waals surface area (Å²) in [5.74, 6) is -0.0465. The maximum atomic E-state index is 13.5. The van der Waals surface area contributed by atoms with Gasteiger partial charge in [0.25, 0.3) is 5.91 Å². The molecule has 0 bridgehead atoms. The standard InChI is InChI=1S/C28H38N2O7S/c1-20(2)18-30(38(34,35)22-15-13-21(36-3)14-16-22)19-26(32)24-11-7-5-4-6-8-17-37-27-23(28(33)29-24)10-9-12-25(27)31/h4,6,9-10,12-16,20,24,26,31-32H,5,7-8,11,17-19H2,1-3H3,(H,29,33)/b6-4+/t24-,26+/m0/s1. The Morgan fingerprint density at radius 2 is 1.82 bits per heavy atom. The third-order valence-corrected chi connectivity index (χ3v) is 8.11. The van der Waals surface area contributed by atoms with Crippen molar-refractivity contribution < 1.29 is 32.9 Å². The number of ether oxygens (including phenoxy) is 2. The zero-order valence-electron chi connectivity index (χ0n) is 22.2. The number of hydrogen-bond acceptors (Lipinski definition) is 7. The minimum Gasteiger partial charge on any atom is -0.504 e. The van der Waals surface area contributed by atoms with Crippen LogP contribution in [0.15, 0.2) is 59.5 Å². The van der Waals surface area contributed by atoms with Gasteiger partial charge in [-0.25, -0.2) is 8.42 Å². The van der Waals surface area contributed by atoms with Gasteiger partial charge in [-0.3, -0.25) is 4.79 Å². The number of para-hydroxylation sites is 1. The number of aromatic hydroxyl groups is 1. The normalized spacial score (nSPS) is 18.8. The van der Waals surface area contributed by atoms with Crippen LogP contribution in [0.25, 0.3) is 0 Å². The highest BCUT2D eigenvalue weighted by Gasteiger charge is 2.31. The molecule has 0 aromatic heterocycles. The lowest BCUT2D eigenvalue weighted by molar-refractivity contribution is 0.0753. The van der Waals surface area contributed by atoms with E-state index in [1.165, 1.54) is 29.6 Å². The monoisotopic (exact) mass is 546 g/mol. The van der Waals surface area contributed by atoms with Crippen LogP contribution < -0.4 is 14.8 Å². The molecule has 2 atom stereocenters. The van der Waals surface area contributed by atoms with Gasteiger partial charge in [-0.1, -0.05) is 32.1 Å². The van der Waals surface area contributed by atoms with Crippen molar-refractivity contribution in [2.24, 2.45) is 5.92 Å². The van der Waals surface area contributed by atoms with Crippen molar-refractivity contribution >= 4 is 15.9 Å². The molecule has 208 valence electrons. The number of rotatable bonds is 8. The fourth-order valence-corrected chi connectivity index (χ4v) is 5.91. The molecule has 1 heterocycles. The smallest absolute Gasteiger partial charge is 0.255 e. The predicted molar refractivity (Wildman–Crippen MR) is 145 cm³/mol. The van der Waals surface area contributed by atoms with E-state index in [1.807, 2.05) is 26.0 Å². The molecule has 0 saturated carbocycles. The van der Waals surface area contributed by atoms with E-state index in [-0.39, 0.29) is 41.0 Å². The van der Waals surface area contributed by atoms with E-state index in [0.29, 0.717) is 31.6 Å². The van der Waals surface area contributed by atoms with Crippen LogP contribution in [-0.4, -0.2) is 67.8 Å². The average molecular weight is 547 g/mol. The summed E-state index contributed by atoms with van der Waals surface area (Å²) >= 11 is 0. The van der Waals surface area contributed by atoms with Crippen molar-refractivity contribution in [1.29, 1.82) is 0 Å². The highest BCUT2D eigenvalue weighted by Crippen LogP contribution is 2.31. The Hall–Kier alpha value is -3.08. The van der Waals surface area contributed by atoms with Gasteiger partial charge in [0.05, 0.1) is 36.3 Å². The molecule has 0 aliphatic carbocycles. The van der Waals surface area contributed by atoms with Crippen molar-refractivity contribution in [3.05, 3.63) is 60.2 Å². The average Bonchev–Trinajstić information content (AvgIpc) is 2.90. The van der Waals surface area contributed by atoms with Crippen LogP contribution in [-0.2, 0) is 10.0 Å². The maximum Gasteiger partial charge on any atom is 0.255 e. The van der Waals surface area contributed by atoms with Crippen molar-refractivity contribution in [3.8, 4) is 17.2 Å². The molecule has 0 spiro atoms. The van der Waals surface area contributed by atoms with Gasteiger partial charge < -0.3 is 25.0 Å². The van der Waals surface area contributed by atoms with E-state index in [1.54, 1.807) is 24.3 Å². The summed E-state index contributed by atoms with van der Waals surface area (Å²) in [7, 11) is -2.42. The molecular formula is C28H38N2O7S. The Labute approximate surface area is 225 Å². The number of aliphatic hydroxyl groups excluding tert-OH is 1. The SMILES string of the molecule is COc1ccc(S(=O)(=O)N(CC(C)C)C[C@@H](O)[C@@H]2CCC/C=C/CCOc3c(O)cccc3C(=O)N2)cc1. The number of hydrogen-bond donors (Lipinski definition) is 3. The van der Waals surface area contributed by atoms with E-state index in [0.717, 1.165) is 6.42 Å². The van der Waals surface area contributed by atoms with E-state index < -0.39 is 28.1 Å². The van der Waals surface area contributed by atoms with Gasteiger partial charge >= 0.3 is 0 Å². The summed E-state index contributed by atoms with van der Waals surface area (Å²) in [5, 5.41) is 24.4. The zero-order chi connectivity index (χ0) is 27.7. The van der Waals surface area contributed by atoms with Crippen LogP contribution in [0.2, 0.25) is 0 Å². The molecule has 10 heteroatoms. The molecule has 0 radical (unpaired) electrons. The first-order valence-electron chi connectivity index (χ1n) is 12.9. The second-order valence-electron chi connectivity index (χ2n) is 9.73. The summed E-state index contributed by atoms with van der Waals surface area (Å²) in [6, 6.07) is 9.92. The van der Waals surface area contributed by atoms with Gasteiger partial charge in [0.1, 0.15) is 5.75 Å². The van der Waals surface area contributed by atoms with Gasteiger partial charge in [0.2, 0.25) is 10.0 Å². The highest BCUT2D eigenvalue weighted by molar-refractivity contribution is 7.89. The summed E-state index contributed by atoms with van der Waals surface area (Å²) < 4.78 is 39.2. The fraction of sp³-hybridized carbons (Fsp3) is 0.464. The summed E-state index contributed by atoms with van der Waals surface area (Å²) in [6.07, 6.45) is 5.28. The minimum absolute atomic E-state index is 0.00186. The molecule has 0 fully saturated rings. The summed E-state index contributed by atoms with van der Waals surface area (Å²) in [4.78, 5) is 13.3. The molecule has 38 heavy (non-hydrogen) atoms. The molecule has 1 amide bonds. The lowest BCUT2D eigenvalue weighted by atomic mass is 10.0. The van der Waals surface area contributed by atoms with Crippen LogP contribution in [0.4, 0.5) is 0 Å². The topological polar surface area (TPSA) is 125 Å². The second-order valence-corrected chi connectivity index (χ2v) is 11.7. The molecule has 2 aromatic carbocycles. The minimum atomic E-state index is -3.93. The highest BCUT2D eigenvalue weighted by atomic mass is 32.2. The van der Waals surface area contributed by atoms with Gasteiger partial charge in [-0.2, -0.15) is 4.31 Å². The number of allylic oxidation sites excluding steroid dienone is 1. The molecule has 2 aromatic rings.